The molecule has 0 aromatic heterocycles. The van der Waals surface area contributed by atoms with Gasteiger partial charge in [-0.1, -0.05) is 12.1 Å². The Kier molecular flexibility index (Phi) is 7.66. The number of halogens is 7. The number of carbonyl (C=O) groups is 2. The van der Waals surface area contributed by atoms with Gasteiger partial charge in [0.15, 0.2) is 0 Å². The van der Waals surface area contributed by atoms with Gasteiger partial charge >= 0.3 is 24.5 Å². The Morgan fingerprint density at radius 2 is 1.46 bits per heavy atom. The molecule has 3 atom stereocenters. The number of alkyl halides is 6. The van der Waals surface area contributed by atoms with Crippen molar-refractivity contribution in [3.8, 4) is 0 Å². The molecule has 6 nitrogen and oxygen atoms in total. The third-order valence-electron chi connectivity index (χ3n) is 6.64. The number of likely N-dealkylation sites (tertiary alicyclic amines) is 1. The molecule has 1 aliphatic heterocycles. The van der Waals surface area contributed by atoms with E-state index in [-0.39, 0.29) is 19.0 Å². The van der Waals surface area contributed by atoms with Gasteiger partial charge in [0.25, 0.3) is 0 Å². The highest BCUT2D eigenvalue weighted by atomic mass is 19.4. The van der Waals surface area contributed by atoms with E-state index in [9.17, 15) is 45.4 Å². The van der Waals surface area contributed by atoms with Gasteiger partial charge in [-0.15, -0.1) is 0 Å². The van der Waals surface area contributed by atoms with Crippen molar-refractivity contribution in [2.24, 2.45) is 0 Å². The number of anilines is 1. The highest BCUT2D eigenvalue weighted by Crippen LogP contribution is 2.39. The summed E-state index contributed by atoms with van der Waals surface area (Å²) in [4.78, 5) is 28.0. The predicted octanol–water partition coefficient (Wildman–Crippen LogP) is 6.28. The molecule has 1 heterocycles. The van der Waals surface area contributed by atoms with Crippen molar-refractivity contribution in [1.29, 1.82) is 0 Å². The summed E-state index contributed by atoms with van der Waals surface area (Å²) < 4.78 is 93.3. The Morgan fingerprint density at radius 3 is 1.92 bits per heavy atom. The van der Waals surface area contributed by atoms with Crippen molar-refractivity contribution in [3.63, 3.8) is 0 Å². The summed E-state index contributed by atoms with van der Waals surface area (Å²) in [6, 6.07) is 3.84. The molecule has 202 valence electrons. The third-order valence-corrected chi connectivity index (χ3v) is 6.64. The molecule has 37 heavy (non-hydrogen) atoms. The minimum atomic E-state index is -5.08. The first-order valence-electron chi connectivity index (χ1n) is 11.1. The normalized spacial score (nSPS) is 20.5. The van der Waals surface area contributed by atoms with E-state index in [0.29, 0.717) is 22.6 Å². The summed E-state index contributed by atoms with van der Waals surface area (Å²) in [5.41, 5.74) is -3.22. The summed E-state index contributed by atoms with van der Waals surface area (Å²) >= 11 is 0. The lowest BCUT2D eigenvalue weighted by Crippen LogP contribution is -2.57. The second-order valence-electron chi connectivity index (χ2n) is 8.87. The number of carboxylic acid groups (broad SMARTS) is 1. The topological polar surface area (TPSA) is 64.1 Å². The van der Waals surface area contributed by atoms with E-state index in [2.05, 4.69) is 0 Å². The Bertz CT molecular complexity index is 1120. The van der Waals surface area contributed by atoms with Crippen LogP contribution in [-0.2, 0) is 12.4 Å². The minimum absolute atomic E-state index is 0.0284. The van der Waals surface area contributed by atoms with Crippen LogP contribution in [0.15, 0.2) is 42.5 Å². The molecule has 0 spiro atoms. The number of piperidine rings is 1. The van der Waals surface area contributed by atoms with Gasteiger partial charge in [-0.25, -0.2) is 14.0 Å². The molecule has 0 aliphatic carbocycles. The van der Waals surface area contributed by atoms with Crippen LogP contribution in [0.3, 0.4) is 0 Å². The Labute approximate surface area is 207 Å². The largest absolute Gasteiger partial charge is 0.465 e. The van der Waals surface area contributed by atoms with E-state index in [4.69, 9.17) is 0 Å². The zero-order valence-corrected chi connectivity index (χ0v) is 19.9. The summed E-state index contributed by atoms with van der Waals surface area (Å²) in [6.45, 7) is 1.64. The molecule has 1 saturated heterocycles. The second kappa shape index (κ2) is 10.1. The fourth-order valence-corrected chi connectivity index (χ4v) is 4.68. The van der Waals surface area contributed by atoms with E-state index in [1.165, 1.54) is 31.3 Å². The van der Waals surface area contributed by atoms with Crippen LogP contribution in [0.2, 0.25) is 0 Å². The lowest BCUT2D eigenvalue weighted by molar-refractivity contribution is -0.143. The van der Waals surface area contributed by atoms with E-state index in [0.717, 1.165) is 16.8 Å². The lowest BCUT2D eigenvalue weighted by Gasteiger charge is -2.46. The van der Waals surface area contributed by atoms with Crippen LogP contribution in [0.1, 0.15) is 36.0 Å². The summed E-state index contributed by atoms with van der Waals surface area (Å²) in [7, 11) is 2.39. The van der Waals surface area contributed by atoms with Crippen LogP contribution in [-0.4, -0.2) is 59.8 Å². The maximum Gasteiger partial charge on any atom is 0.416 e. The average Bonchev–Trinajstić information content (AvgIpc) is 2.81. The van der Waals surface area contributed by atoms with E-state index in [1.54, 1.807) is 6.92 Å². The second-order valence-corrected chi connectivity index (χ2v) is 8.87. The smallest absolute Gasteiger partial charge is 0.416 e. The molecule has 2 aromatic carbocycles. The standard InChI is InChI=1S/C24H24F7N3O3/c1-13-20(14-4-6-17(25)7-5-14)19(8-9-34(13)22(36)37)33(3)21(35)32(2)18-11-15(23(26,27)28)10-16(12-18)24(29,30)31/h4-7,10-13,19-20H,8-9H2,1-3H3,(H,36,37)/t13?,19-,20+/m1/s1. The monoisotopic (exact) mass is 535 g/mol. The van der Waals surface area contributed by atoms with Gasteiger partial charge in [0.05, 0.1) is 11.1 Å². The van der Waals surface area contributed by atoms with Crippen LogP contribution < -0.4 is 4.90 Å². The number of urea groups is 1. The van der Waals surface area contributed by atoms with Gasteiger partial charge in [0.2, 0.25) is 0 Å². The number of carbonyl (C=O) groups excluding carboxylic acids is 1. The lowest BCUT2D eigenvalue weighted by atomic mass is 9.80. The Balaban J connectivity index is 1.99. The number of amides is 3. The molecular formula is C24H24F7N3O3. The first-order valence-corrected chi connectivity index (χ1v) is 11.1. The van der Waals surface area contributed by atoms with E-state index < -0.39 is 65.1 Å². The van der Waals surface area contributed by atoms with Crippen LogP contribution >= 0.6 is 0 Å². The molecular weight excluding hydrogens is 511 g/mol. The SMILES string of the molecule is CC1[C@@H](c2ccc(F)cc2)[C@H](N(C)C(=O)N(C)c2cc(C(F)(F)F)cc(C(F)(F)F)c2)CCN1C(=O)O. The highest BCUT2D eigenvalue weighted by molar-refractivity contribution is 5.92. The number of benzene rings is 2. The van der Waals surface area contributed by atoms with Gasteiger partial charge in [0.1, 0.15) is 5.82 Å². The summed E-state index contributed by atoms with van der Waals surface area (Å²) in [5, 5.41) is 9.57. The predicted molar refractivity (Wildman–Crippen MR) is 120 cm³/mol. The fraction of sp³-hybridized carbons (Fsp3) is 0.417. The molecule has 1 aliphatic rings. The first kappa shape index (κ1) is 28.1. The van der Waals surface area contributed by atoms with Crippen LogP contribution in [0, 0.1) is 5.82 Å². The maximum absolute atomic E-state index is 13.5. The minimum Gasteiger partial charge on any atom is -0.465 e. The van der Waals surface area contributed by atoms with Crippen LogP contribution in [0.25, 0.3) is 0 Å². The number of hydrogen-bond donors (Lipinski definition) is 1. The van der Waals surface area contributed by atoms with Crippen LogP contribution in [0.5, 0.6) is 0 Å². The van der Waals surface area contributed by atoms with Crippen molar-refractivity contribution >= 4 is 17.8 Å². The van der Waals surface area contributed by atoms with Gasteiger partial charge in [-0.05, 0) is 49.2 Å². The van der Waals surface area contributed by atoms with Crippen molar-refractivity contribution in [3.05, 3.63) is 65.0 Å². The molecule has 13 heteroatoms. The Morgan fingerprint density at radius 1 is 0.946 bits per heavy atom. The zero-order chi connectivity index (χ0) is 27.9. The van der Waals surface area contributed by atoms with E-state index in [1.807, 2.05) is 0 Å². The number of nitrogens with zero attached hydrogens (tertiary/aromatic N) is 3. The maximum atomic E-state index is 13.5. The third kappa shape index (κ3) is 5.91. The first-order chi connectivity index (χ1) is 17.0. The molecule has 0 saturated carbocycles. The van der Waals surface area contributed by atoms with Crippen molar-refractivity contribution < 1.29 is 45.4 Å². The number of hydrogen-bond acceptors (Lipinski definition) is 2. The highest BCUT2D eigenvalue weighted by Gasteiger charge is 2.43. The molecule has 1 N–H and O–H groups in total. The van der Waals surface area contributed by atoms with Crippen molar-refractivity contribution in [2.75, 3.05) is 25.5 Å². The molecule has 0 bridgehead atoms. The van der Waals surface area contributed by atoms with Crippen LogP contribution in [0.4, 0.5) is 46.0 Å². The summed E-state index contributed by atoms with van der Waals surface area (Å²) in [5.74, 6) is -1.19. The molecule has 3 amide bonds. The van der Waals surface area contributed by atoms with E-state index >= 15 is 0 Å². The number of likely N-dealkylation sites (N-methyl/N-ethyl adjacent to an activating group) is 1. The van der Waals surface area contributed by atoms with Gasteiger partial charge in [-0.2, -0.15) is 26.3 Å². The average molecular weight is 535 g/mol. The molecule has 1 fully saturated rings. The molecule has 1 unspecified atom stereocenters. The van der Waals surface area contributed by atoms with Gasteiger partial charge < -0.3 is 14.9 Å². The molecule has 0 radical (unpaired) electrons. The number of rotatable bonds is 3. The van der Waals surface area contributed by atoms with Gasteiger partial charge in [0, 0.05) is 44.3 Å². The van der Waals surface area contributed by atoms with Crippen molar-refractivity contribution in [1.82, 2.24) is 9.80 Å². The van der Waals surface area contributed by atoms with Crippen molar-refractivity contribution in [2.45, 2.75) is 43.7 Å². The molecule has 2 aromatic rings. The summed E-state index contributed by atoms with van der Waals surface area (Å²) in [6.07, 6.45) is -11.2. The van der Waals surface area contributed by atoms with Gasteiger partial charge in [-0.3, -0.25) is 4.90 Å². The zero-order valence-electron chi connectivity index (χ0n) is 19.9. The molecule has 3 rings (SSSR count). The quantitative estimate of drug-likeness (QED) is 0.471. The Hall–Kier alpha value is -3.51. The fourth-order valence-electron chi connectivity index (χ4n) is 4.68.